The Kier molecular flexibility index (Phi) is 6.35. The van der Waals surface area contributed by atoms with Gasteiger partial charge >= 0.3 is 5.97 Å². The lowest BCUT2D eigenvalue weighted by Gasteiger charge is -2.11. The number of aryl methyl sites for hydroxylation is 2. The number of carbonyl (C=O) groups excluding carboxylic acids is 2. The number of benzene rings is 2. The fourth-order valence-corrected chi connectivity index (χ4v) is 3.35. The number of carbonyl (C=O) groups is 2. The lowest BCUT2D eigenvalue weighted by Crippen LogP contribution is -2.21. The first-order chi connectivity index (χ1) is 12.6. The van der Waals surface area contributed by atoms with Gasteiger partial charge in [0, 0.05) is 5.69 Å². The normalized spacial score (nSPS) is 11.1. The number of hydrogen-bond acceptors (Lipinski definition) is 5. The van der Waals surface area contributed by atoms with Crippen LogP contribution in [0.5, 0.6) is 0 Å². The van der Waals surface area contributed by atoms with E-state index in [1.165, 1.54) is 6.07 Å². The molecule has 0 aliphatic heterocycles. The van der Waals surface area contributed by atoms with Gasteiger partial charge in [0.2, 0.25) is 10.0 Å². The molecule has 8 heteroatoms. The molecule has 0 radical (unpaired) electrons. The standard InChI is InChI=1S/C19H22N2O5S/c1-4-14-5-7-16(8-6-14)21-18(22)11-26-19(23)15-9-12(2)13(3)17(10-15)27(20,24)25/h5-10H,4,11H2,1-3H3,(H,21,22)(H2,20,24,25). The van der Waals surface area contributed by atoms with Crippen LogP contribution < -0.4 is 10.5 Å². The van der Waals surface area contributed by atoms with E-state index in [4.69, 9.17) is 9.88 Å². The topological polar surface area (TPSA) is 116 Å². The van der Waals surface area contributed by atoms with E-state index in [1.807, 2.05) is 19.1 Å². The zero-order chi connectivity index (χ0) is 20.2. The number of nitrogens with two attached hydrogens (primary N) is 1. The number of rotatable bonds is 6. The second-order valence-electron chi connectivity index (χ2n) is 6.14. The Morgan fingerprint density at radius 2 is 1.74 bits per heavy atom. The van der Waals surface area contributed by atoms with Crippen molar-refractivity contribution < 1.29 is 22.7 Å². The summed E-state index contributed by atoms with van der Waals surface area (Å²) in [6.07, 6.45) is 0.891. The zero-order valence-electron chi connectivity index (χ0n) is 15.4. The van der Waals surface area contributed by atoms with Gasteiger partial charge in [-0.25, -0.2) is 18.4 Å². The van der Waals surface area contributed by atoms with Gasteiger partial charge < -0.3 is 10.1 Å². The largest absolute Gasteiger partial charge is 0.452 e. The Labute approximate surface area is 158 Å². The number of amides is 1. The predicted molar refractivity (Wildman–Crippen MR) is 102 cm³/mol. The first-order valence-corrected chi connectivity index (χ1v) is 9.86. The molecule has 0 saturated heterocycles. The Balaban J connectivity index is 2.04. The summed E-state index contributed by atoms with van der Waals surface area (Å²) >= 11 is 0. The molecule has 27 heavy (non-hydrogen) atoms. The predicted octanol–water partition coefficient (Wildman–Crippen LogP) is 2.31. The van der Waals surface area contributed by atoms with E-state index < -0.39 is 28.5 Å². The van der Waals surface area contributed by atoms with Gasteiger partial charge in [0.05, 0.1) is 10.5 Å². The second-order valence-corrected chi connectivity index (χ2v) is 7.67. The molecule has 0 bridgehead atoms. The molecule has 0 unspecified atom stereocenters. The summed E-state index contributed by atoms with van der Waals surface area (Å²) < 4.78 is 28.3. The van der Waals surface area contributed by atoms with E-state index in [0.717, 1.165) is 18.1 Å². The Hall–Kier alpha value is -2.71. The molecule has 0 spiro atoms. The highest BCUT2D eigenvalue weighted by Crippen LogP contribution is 2.20. The minimum Gasteiger partial charge on any atom is -0.452 e. The van der Waals surface area contributed by atoms with Gasteiger partial charge in [-0.05, 0) is 61.2 Å². The molecule has 2 aromatic rings. The summed E-state index contributed by atoms with van der Waals surface area (Å²) in [6.45, 7) is 4.79. The maximum Gasteiger partial charge on any atom is 0.338 e. The van der Waals surface area contributed by atoms with E-state index in [1.54, 1.807) is 26.0 Å². The van der Waals surface area contributed by atoms with Gasteiger partial charge in [-0.2, -0.15) is 0 Å². The summed E-state index contributed by atoms with van der Waals surface area (Å²) in [5.41, 5.74) is 2.79. The summed E-state index contributed by atoms with van der Waals surface area (Å²) in [6, 6.07) is 9.96. The van der Waals surface area contributed by atoms with Crippen LogP contribution in [-0.2, 0) is 26.0 Å². The Morgan fingerprint density at radius 3 is 2.30 bits per heavy atom. The SMILES string of the molecule is CCc1ccc(NC(=O)COC(=O)c2cc(C)c(C)c(S(N)(=O)=O)c2)cc1. The monoisotopic (exact) mass is 390 g/mol. The van der Waals surface area contributed by atoms with Gasteiger partial charge in [0.15, 0.2) is 6.61 Å². The molecular weight excluding hydrogens is 368 g/mol. The number of hydrogen-bond donors (Lipinski definition) is 2. The molecule has 0 saturated carbocycles. The number of ether oxygens (including phenoxy) is 1. The molecule has 2 aromatic carbocycles. The minimum atomic E-state index is -3.98. The van der Waals surface area contributed by atoms with Crippen LogP contribution in [0.1, 0.15) is 34.0 Å². The van der Waals surface area contributed by atoms with Crippen LogP contribution in [0.2, 0.25) is 0 Å². The molecule has 2 rings (SSSR count). The van der Waals surface area contributed by atoms with Crippen molar-refractivity contribution in [3.05, 3.63) is 58.7 Å². The molecular formula is C19H22N2O5S. The lowest BCUT2D eigenvalue weighted by atomic mass is 10.1. The van der Waals surface area contributed by atoms with E-state index >= 15 is 0 Å². The fourth-order valence-electron chi connectivity index (χ4n) is 2.48. The van der Waals surface area contributed by atoms with Crippen LogP contribution in [0, 0.1) is 13.8 Å². The number of sulfonamides is 1. The van der Waals surface area contributed by atoms with E-state index in [0.29, 0.717) is 16.8 Å². The van der Waals surface area contributed by atoms with Crippen molar-refractivity contribution in [1.82, 2.24) is 0 Å². The zero-order valence-corrected chi connectivity index (χ0v) is 16.2. The second kappa shape index (κ2) is 8.32. The molecule has 144 valence electrons. The van der Waals surface area contributed by atoms with Crippen molar-refractivity contribution >= 4 is 27.6 Å². The molecule has 0 fully saturated rings. The number of anilines is 1. The molecule has 0 heterocycles. The maximum absolute atomic E-state index is 12.2. The highest BCUT2D eigenvalue weighted by Gasteiger charge is 2.19. The average molecular weight is 390 g/mol. The van der Waals surface area contributed by atoms with E-state index in [-0.39, 0.29) is 10.5 Å². The number of nitrogens with one attached hydrogen (secondary N) is 1. The van der Waals surface area contributed by atoms with Crippen molar-refractivity contribution in [2.45, 2.75) is 32.1 Å². The lowest BCUT2D eigenvalue weighted by molar-refractivity contribution is -0.119. The molecule has 0 aromatic heterocycles. The van der Waals surface area contributed by atoms with E-state index in [2.05, 4.69) is 5.32 Å². The van der Waals surface area contributed by atoms with Crippen molar-refractivity contribution in [3.63, 3.8) is 0 Å². The third-order valence-corrected chi connectivity index (χ3v) is 5.18. The molecule has 0 atom stereocenters. The number of esters is 1. The minimum absolute atomic E-state index is 0.0159. The van der Waals surface area contributed by atoms with Gasteiger partial charge in [0.25, 0.3) is 5.91 Å². The van der Waals surface area contributed by atoms with Crippen LogP contribution >= 0.6 is 0 Å². The van der Waals surface area contributed by atoms with Gasteiger partial charge in [0.1, 0.15) is 0 Å². The van der Waals surface area contributed by atoms with E-state index in [9.17, 15) is 18.0 Å². The van der Waals surface area contributed by atoms with Crippen LogP contribution in [-0.4, -0.2) is 26.9 Å². The summed E-state index contributed by atoms with van der Waals surface area (Å²) in [7, 11) is -3.98. The maximum atomic E-state index is 12.2. The van der Waals surface area contributed by atoms with Crippen molar-refractivity contribution in [2.24, 2.45) is 5.14 Å². The Morgan fingerprint density at radius 1 is 1.11 bits per heavy atom. The molecule has 7 nitrogen and oxygen atoms in total. The van der Waals surface area contributed by atoms with Gasteiger partial charge in [-0.15, -0.1) is 0 Å². The van der Waals surface area contributed by atoms with Crippen LogP contribution in [0.25, 0.3) is 0 Å². The smallest absolute Gasteiger partial charge is 0.338 e. The summed E-state index contributed by atoms with van der Waals surface area (Å²) in [5, 5.41) is 7.80. The third-order valence-electron chi connectivity index (χ3n) is 4.14. The molecule has 3 N–H and O–H groups in total. The quantitative estimate of drug-likeness (QED) is 0.734. The van der Waals surface area contributed by atoms with Crippen molar-refractivity contribution in [3.8, 4) is 0 Å². The van der Waals surface area contributed by atoms with Crippen LogP contribution in [0.3, 0.4) is 0 Å². The average Bonchev–Trinajstić information content (AvgIpc) is 2.61. The number of primary sulfonamides is 1. The Bertz CT molecular complexity index is 966. The van der Waals surface area contributed by atoms with Crippen LogP contribution in [0.4, 0.5) is 5.69 Å². The molecule has 0 aliphatic carbocycles. The molecule has 1 amide bonds. The summed E-state index contributed by atoms with van der Waals surface area (Å²) in [4.78, 5) is 24.0. The van der Waals surface area contributed by atoms with Gasteiger partial charge in [-0.1, -0.05) is 19.1 Å². The third kappa shape index (κ3) is 5.38. The first-order valence-electron chi connectivity index (χ1n) is 8.31. The summed E-state index contributed by atoms with van der Waals surface area (Å²) in [5.74, 6) is -1.30. The van der Waals surface area contributed by atoms with Crippen molar-refractivity contribution in [2.75, 3.05) is 11.9 Å². The van der Waals surface area contributed by atoms with Gasteiger partial charge in [-0.3, -0.25) is 4.79 Å². The van der Waals surface area contributed by atoms with Crippen molar-refractivity contribution in [1.29, 1.82) is 0 Å². The van der Waals surface area contributed by atoms with Crippen LogP contribution in [0.15, 0.2) is 41.3 Å². The fraction of sp³-hybridized carbons (Fsp3) is 0.263. The first kappa shape index (κ1) is 20.6. The molecule has 0 aliphatic rings. The highest BCUT2D eigenvalue weighted by molar-refractivity contribution is 7.89. The highest BCUT2D eigenvalue weighted by atomic mass is 32.2.